The van der Waals surface area contributed by atoms with Crippen LogP contribution in [0.3, 0.4) is 0 Å². The molecule has 0 spiro atoms. The molecule has 0 aromatic heterocycles. The fourth-order valence-electron chi connectivity index (χ4n) is 6.38. The second-order valence-corrected chi connectivity index (χ2v) is 12.0. The number of methoxy groups -OCH3 is 3. The highest BCUT2D eigenvalue weighted by Gasteiger charge is 2.56. The van der Waals surface area contributed by atoms with Gasteiger partial charge >= 0.3 is 0 Å². The Morgan fingerprint density at radius 2 is 1.38 bits per heavy atom. The van der Waals surface area contributed by atoms with Gasteiger partial charge in [0.05, 0.1) is 44.2 Å². The number of hydrogen-bond acceptors (Lipinski definition) is 8. The summed E-state index contributed by atoms with van der Waals surface area (Å²) in [4.78, 5) is 42.2. The van der Waals surface area contributed by atoms with Crippen molar-refractivity contribution in [2.24, 2.45) is 11.8 Å². The first kappa shape index (κ1) is 34.0. The molecule has 10 heteroatoms. The molecule has 10 nitrogen and oxygen atoms in total. The maximum atomic E-state index is 14.2. The van der Waals surface area contributed by atoms with Crippen LogP contribution in [0.5, 0.6) is 23.0 Å². The number of carbonyl (C=O) groups excluding carboxylic acids is 3. The molecule has 2 amide bonds. The summed E-state index contributed by atoms with van der Waals surface area (Å²) in [5, 5.41) is 17.5. The van der Waals surface area contributed by atoms with Gasteiger partial charge in [-0.15, -0.1) is 0 Å². The van der Waals surface area contributed by atoms with Crippen LogP contribution in [0.25, 0.3) is 0 Å². The van der Waals surface area contributed by atoms with E-state index in [2.05, 4.69) is 10.6 Å². The van der Waals surface area contributed by atoms with Crippen molar-refractivity contribution in [2.45, 2.75) is 38.4 Å². The van der Waals surface area contributed by atoms with E-state index in [0.717, 1.165) is 11.1 Å². The molecule has 3 N–H and O–H groups in total. The molecule has 4 unspecified atom stereocenters. The van der Waals surface area contributed by atoms with Crippen LogP contribution in [0.2, 0.25) is 0 Å². The van der Waals surface area contributed by atoms with Gasteiger partial charge in [-0.25, -0.2) is 0 Å². The maximum absolute atomic E-state index is 14.2. The van der Waals surface area contributed by atoms with Gasteiger partial charge in [-0.05, 0) is 61.4 Å². The number of aryl methyl sites for hydroxylation is 1. The number of carbonyl (C=O) groups is 3. The van der Waals surface area contributed by atoms with Crippen LogP contribution in [0.15, 0.2) is 91.0 Å². The van der Waals surface area contributed by atoms with Gasteiger partial charge in [-0.1, -0.05) is 60.2 Å². The van der Waals surface area contributed by atoms with Crippen molar-refractivity contribution < 1.29 is 38.4 Å². The summed E-state index contributed by atoms with van der Waals surface area (Å²) in [7, 11) is 4.44. The van der Waals surface area contributed by atoms with Crippen LogP contribution >= 0.6 is 0 Å². The zero-order valence-electron chi connectivity index (χ0n) is 27.6. The number of rotatable bonds is 11. The Morgan fingerprint density at radius 3 is 1.98 bits per heavy atom. The fourth-order valence-corrected chi connectivity index (χ4v) is 6.38. The molecule has 0 heterocycles. The number of benzene rings is 4. The highest BCUT2D eigenvalue weighted by molar-refractivity contribution is 6.11. The van der Waals surface area contributed by atoms with Crippen molar-refractivity contribution in [3.8, 4) is 23.0 Å². The first-order valence-electron chi connectivity index (χ1n) is 15.6. The molecule has 1 aliphatic carbocycles. The molecule has 4 aromatic carbocycles. The van der Waals surface area contributed by atoms with Crippen molar-refractivity contribution in [3.05, 3.63) is 108 Å². The summed E-state index contributed by atoms with van der Waals surface area (Å²) in [5.41, 5.74) is 1.43. The Balaban J connectivity index is 1.57. The van der Waals surface area contributed by atoms with Crippen LogP contribution in [0, 0.1) is 18.8 Å². The van der Waals surface area contributed by atoms with Crippen molar-refractivity contribution >= 4 is 29.0 Å². The van der Waals surface area contributed by atoms with Crippen LogP contribution < -0.4 is 29.6 Å². The average molecular weight is 653 g/mol. The molecule has 0 aliphatic heterocycles. The third-order valence-electron chi connectivity index (χ3n) is 8.61. The Kier molecular flexibility index (Phi) is 10.3. The van der Waals surface area contributed by atoms with Crippen molar-refractivity contribution in [2.75, 3.05) is 32.0 Å². The standard InChI is InChI=1S/C38H40N2O8/c1-23-11-10-12-24(19-23)22-48-31-18-17-25(20-32(31)47-5)33-34(36(42)39-26-13-6-8-15-29(26)45-3)28(41)21-38(2,44)35(33)37(43)40-27-14-7-9-16-30(27)46-4/h6-20,33-35,44H,21-22H2,1-5H3,(H,39,42)(H,40,43). The third-order valence-corrected chi connectivity index (χ3v) is 8.61. The molecule has 4 atom stereocenters. The highest BCUT2D eigenvalue weighted by Crippen LogP contribution is 2.48. The minimum atomic E-state index is -1.82. The van der Waals surface area contributed by atoms with Crippen molar-refractivity contribution in [1.29, 1.82) is 0 Å². The van der Waals surface area contributed by atoms with E-state index < -0.39 is 47.4 Å². The largest absolute Gasteiger partial charge is 0.495 e. The Bertz CT molecular complexity index is 1800. The number of para-hydroxylation sites is 4. The smallest absolute Gasteiger partial charge is 0.235 e. The number of anilines is 2. The van der Waals surface area contributed by atoms with Crippen LogP contribution in [-0.2, 0) is 21.0 Å². The molecule has 0 bridgehead atoms. The molecule has 250 valence electrons. The molecule has 1 saturated carbocycles. The van der Waals surface area contributed by atoms with Gasteiger partial charge in [0.2, 0.25) is 11.8 Å². The lowest BCUT2D eigenvalue weighted by molar-refractivity contribution is -0.150. The van der Waals surface area contributed by atoms with E-state index in [1.54, 1.807) is 66.7 Å². The van der Waals surface area contributed by atoms with E-state index in [-0.39, 0.29) is 6.61 Å². The van der Waals surface area contributed by atoms with E-state index in [9.17, 15) is 19.5 Å². The number of ketones is 1. The first-order valence-corrected chi connectivity index (χ1v) is 15.6. The van der Waals surface area contributed by atoms with E-state index >= 15 is 0 Å². The average Bonchev–Trinajstić information content (AvgIpc) is 3.06. The minimum absolute atomic E-state index is 0.280. The maximum Gasteiger partial charge on any atom is 0.235 e. The van der Waals surface area contributed by atoms with Crippen LogP contribution in [0.1, 0.15) is 36.0 Å². The SMILES string of the molecule is COc1ccccc1NC(=O)C1C(=O)CC(C)(O)C(C(=O)Nc2ccccc2OC)C1c1ccc(OCc2cccc(C)c2)c(OC)c1. The molecule has 48 heavy (non-hydrogen) atoms. The number of nitrogens with one attached hydrogen (secondary N) is 2. The van der Waals surface area contributed by atoms with Crippen molar-refractivity contribution in [1.82, 2.24) is 0 Å². The molecular weight excluding hydrogens is 612 g/mol. The molecule has 0 radical (unpaired) electrons. The van der Waals surface area contributed by atoms with Gasteiger partial charge in [0.25, 0.3) is 0 Å². The van der Waals surface area contributed by atoms with Gasteiger partial charge < -0.3 is 34.7 Å². The van der Waals surface area contributed by atoms with Gasteiger partial charge in [-0.3, -0.25) is 14.4 Å². The third kappa shape index (κ3) is 7.29. The lowest BCUT2D eigenvalue weighted by atomic mass is 9.61. The fraction of sp³-hybridized carbons (Fsp3) is 0.289. The van der Waals surface area contributed by atoms with Crippen LogP contribution in [0.4, 0.5) is 11.4 Å². The second-order valence-electron chi connectivity index (χ2n) is 12.0. The number of ether oxygens (including phenoxy) is 4. The normalized spacial score (nSPS) is 20.4. The second kappa shape index (κ2) is 14.6. The first-order chi connectivity index (χ1) is 23.1. The Morgan fingerprint density at radius 1 is 0.771 bits per heavy atom. The zero-order chi connectivity index (χ0) is 34.4. The van der Waals surface area contributed by atoms with Gasteiger partial charge in [0.1, 0.15) is 29.8 Å². The summed E-state index contributed by atoms with van der Waals surface area (Å²) in [6, 6.07) is 26.7. The van der Waals surface area contributed by atoms with E-state index in [4.69, 9.17) is 18.9 Å². The lowest BCUT2D eigenvalue weighted by Gasteiger charge is -2.44. The predicted octanol–water partition coefficient (Wildman–Crippen LogP) is 5.92. The van der Waals surface area contributed by atoms with E-state index in [1.165, 1.54) is 28.3 Å². The predicted molar refractivity (Wildman–Crippen MR) is 182 cm³/mol. The molecule has 0 saturated heterocycles. The van der Waals surface area contributed by atoms with Gasteiger partial charge in [-0.2, -0.15) is 0 Å². The zero-order valence-corrected chi connectivity index (χ0v) is 27.6. The summed E-state index contributed by atoms with van der Waals surface area (Å²) in [6.07, 6.45) is -0.424. The topological polar surface area (TPSA) is 132 Å². The van der Waals surface area contributed by atoms with Crippen molar-refractivity contribution in [3.63, 3.8) is 0 Å². The highest BCUT2D eigenvalue weighted by atomic mass is 16.5. The van der Waals surface area contributed by atoms with E-state index in [0.29, 0.717) is 39.9 Å². The minimum Gasteiger partial charge on any atom is -0.495 e. The van der Waals surface area contributed by atoms with E-state index in [1.807, 2.05) is 31.2 Å². The Hall–Kier alpha value is -5.35. The monoisotopic (exact) mass is 652 g/mol. The molecule has 1 aliphatic rings. The molecular formula is C38H40N2O8. The molecule has 4 aromatic rings. The summed E-state index contributed by atoms with van der Waals surface area (Å²) < 4.78 is 22.6. The molecule has 5 rings (SSSR count). The van der Waals surface area contributed by atoms with Gasteiger partial charge in [0, 0.05) is 12.3 Å². The summed E-state index contributed by atoms with van der Waals surface area (Å²) >= 11 is 0. The number of Topliss-reactive ketones (excluding diaryl/α,β-unsaturated/α-hetero) is 1. The van der Waals surface area contributed by atoms with Gasteiger partial charge in [0.15, 0.2) is 11.5 Å². The number of amides is 2. The van der Waals surface area contributed by atoms with Crippen LogP contribution in [-0.4, -0.2) is 49.6 Å². The summed E-state index contributed by atoms with van der Waals surface area (Å²) in [5.74, 6) is -3.87. The molecule has 1 fully saturated rings. The Labute approximate surface area is 280 Å². The number of hydrogen-bond donors (Lipinski definition) is 3. The summed E-state index contributed by atoms with van der Waals surface area (Å²) in [6.45, 7) is 3.72. The number of aliphatic hydroxyl groups is 1. The quantitative estimate of drug-likeness (QED) is 0.170. The lowest BCUT2D eigenvalue weighted by Crippen LogP contribution is -2.56.